The summed E-state index contributed by atoms with van der Waals surface area (Å²) in [5, 5.41) is 8.52. The molecule has 0 amide bonds. The molecule has 1 N–H and O–H groups in total. The molecule has 0 spiro atoms. The van der Waals surface area contributed by atoms with Crippen LogP contribution in [0.15, 0.2) is 12.5 Å². The van der Waals surface area contributed by atoms with Crippen LogP contribution in [0.25, 0.3) is 0 Å². The van der Waals surface area contributed by atoms with Crippen LogP contribution in [-0.4, -0.2) is 36.2 Å². The molecule has 0 aromatic heterocycles. The van der Waals surface area contributed by atoms with Crippen LogP contribution in [0.3, 0.4) is 0 Å². The van der Waals surface area contributed by atoms with Gasteiger partial charge in [-0.15, -0.1) is 0 Å². The molecule has 0 rings (SSSR count). The molecule has 0 aliphatic heterocycles. The van der Waals surface area contributed by atoms with Gasteiger partial charge < -0.3 is 14.7 Å². The highest BCUT2D eigenvalue weighted by molar-refractivity contribution is 5.72. The van der Waals surface area contributed by atoms with Gasteiger partial charge in [0.25, 0.3) is 0 Å². The summed E-state index contributed by atoms with van der Waals surface area (Å²) in [4.78, 5) is 12.9. The minimum atomic E-state index is -0.245. The van der Waals surface area contributed by atoms with Crippen molar-refractivity contribution in [1.29, 1.82) is 0 Å². The minimum absolute atomic E-state index is 0.00384. The molecular weight excluding hydrogens is 170 g/mol. The Balaban J connectivity index is 4.23. The van der Waals surface area contributed by atoms with Crippen molar-refractivity contribution in [1.82, 2.24) is 4.90 Å². The number of methoxy groups -OCH3 is 1. The van der Waals surface area contributed by atoms with Gasteiger partial charge in [0.15, 0.2) is 0 Å². The fraction of sp³-hybridized carbons (Fsp3) is 0.667. The van der Waals surface area contributed by atoms with E-state index >= 15 is 0 Å². The van der Waals surface area contributed by atoms with E-state index in [0.717, 1.165) is 6.26 Å². The molecule has 2 atom stereocenters. The molecule has 0 bridgehead atoms. The van der Waals surface area contributed by atoms with Crippen molar-refractivity contribution in [3.8, 4) is 0 Å². The third-order valence-electron chi connectivity index (χ3n) is 2.24. The molecule has 76 valence electrons. The van der Waals surface area contributed by atoms with Crippen LogP contribution in [0, 0.1) is 5.92 Å². The van der Waals surface area contributed by atoms with E-state index in [2.05, 4.69) is 4.74 Å². The average Bonchev–Trinajstić information content (AvgIpc) is 2.14. The SMILES string of the molecule is COC(=O)C(C)[C@H](C)N(C)/C=C\O. The third kappa shape index (κ3) is 3.36. The lowest BCUT2D eigenvalue weighted by Crippen LogP contribution is -2.35. The van der Waals surface area contributed by atoms with Crippen LogP contribution in [0.2, 0.25) is 0 Å². The van der Waals surface area contributed by atoms with Gasteiger partial charge in [0.05, 0.1) is 19.3 Å². The Morgan fingerprint density at radius 1 is 1.54 bits per heavy atom. The number of rotatable bonds is 4. The predicted octanol–water partition coefficient (Wildman–Crippen LogP) is 1.15. The highest BCUT2D eigenvalue weighted by Gasteiger charge is 2.22. The second-order valence-electron chi connectivity index (χ2n) is 3.02. The predicted molar refractivity (Wildman–Crippen MR) is 50.2 cm³/mol. The number of esters is 1. The summed E-state index contributed by atoms with van der Waals surface area (Å²) in [7, 11) is 3.16. The number of ether oxygens (including phenoxy) is 1. The Hall–Kier alpha value is -1.19. The summed E-state index contributed by atoms with van der Waals surface area (Å²) < 4.78 is 4.61. The number of aliphatic hydroxyl groups excluding tert-OH is 1. The molecule has 1 unspecified atom stereocenters. The Labute approximate surface area is 78.8 Å². The van der Waals surface area contributed by atoms with Crippen LogP contribution >= 0.6 is 0 Å². The number of carbonyl (C=O) groups is 1. The van der Waals surface area contributed by atoms with Crippen molar-refractivity contribution in [2.75, 3.05) is 14.2 Å². The number of nitrogens with zero attached hydrogens (tertiary/aromatic N) is 1. The lowest BCUT2D eigenvalue weighted by atomic mass is 10.0. The van der Waals surface area contributed by atoms with Crippen LogP contribution in [0.4, 0.5) is 0 Å². The summed E-state index contributed by atoms with van der Waals surface area (Å²) in [6, 6.07) is -0.00384. The largest absolute Gasteiger partial charge is 0.514 e. The maximum atomic E-state index is 11.1. The molecule has 0 aromatic carbocycles. The van der Waals surface area contributed by atoms with Gasteiger partial charge in [0, 0.05) is 19.3 Å². The number of hydrogen-bond acceptors (Lipinski definition) is 4. The van der Waals surface area contributed by atoms with E-state index < -0.39 is 0 Å². The first-order valence-corrected chi connectivity index (χ1v) is 4.15. The van der Waals surface area contributed by atoms with E-state index in [-0.39, 0.29) is 17.9 Å². The molecule has 0 aliphatic carbocycles. The van der Waals surface area contributed by atoms with Crippen molar-refractivity contribution >= 4 is 5.97 Å². The highest BCUT2D eigenvalue weighted by Crippen LogP contribution is 2.10. The van der Waals surface area contributed by atoms with Crippen LogP contribution in [0.5, 0.6) is 0 Å². The Morgan fingerprint density at radius 2 is 2.08 bits per heavy atom. The molecule has 0 fully saturated rings. The zero-order valence-corrected chi connectivity index (χ0v) is 8.52. The maximum absolute atomic E-state index is 11.1. The van der Waals surface area contributed by atoms with Crippen molar-refractivity contribution in [3.63, 3.8) is 0 Å². The van der Waals surface area contributed by atoms with E-state index in [1.54, 1.807) is 18.9 Å². The van der Waals surface area contributed by atoms with E-state index in [9.17, 15) is 4.79 Å². The first-order valence-electron chi connectivity index (χ1n) is 4.15. The Morgan fingerprint density at radius 3 is 2.46 bits per heavy atom. The zero-order chi connectivity index (χ0) is 10.4. The summed E-state index contributed by atoms with van der Waals surface area (Å²) >= 11 is 0. The first kappa shape index (κ1) is 11.8. The number of carbonyl (C=O) groups excluding carboxylic acids is 1. The van der Waals surface area contributed by atoms with Gasteiger partial charge in [-0.25, -0.2) is 0 Å². The second kappa shape index (κ2) is 5.45. The summed E-state index contributed by atoms with van der Waals surface area (Å²) in [5.41, 5.74) is 0. The standard InChI is InChI=1S/C9H17NO3/c1-7(9(12)13-4)8(2)10(3)5-6-11/h5-8,11H,1-4H3/b6-5-/t7?,8-/m0/s1. The molecule has 0 saturated carbocycles. The lowest BCUT2D eigenvalue weighted by Gasteiger charge is -2.26. The molecule has 4 nitrogen and oxygen atoms in total. The fourth-order valence-corrected chi connectivity index (χ4v) is 0.976. The summed E-state index contributed by atoms with van der Waals surface area (Å²) in [6.45, 7) is 3.68. The molecule has 0 aliphatic rings. The first-order chi connectivity index (χ1) is 6.04. The van der Waals surface area contributed by atoms with Gasteiger partial charge in [-0.1, -0.05) is 0 Å². The minimum Gasteiger partial charge on any atom is -0.514 e. The van der Waals surface area contributed by atoms with Gasteiger partial charge >= 0.3 is 5.97 Å². The lowest BCUT2D eigenvalue weighted by molar-refractivity contribution is -0.146. The smallest absolute Gasteiger partial charge is 0.310 e. The summed E-state index contributed by atoms with van der Waals surface area (Å²) in [5.74, 6) is -0.461. The van der Waals surface area contributed by atoms with Crippen molar-refractivity contribution < 1.29 is 14.6 Å². The fourth-order valence-electron chi connectivity index (χ4n) is 0.976. The summed E-state index contributed by atoms with van der Waals surface area (Å²) in [6.07, 6.45) is 2.45. The quantitative estimate of drug-likeness (QED) is 0.529. The van der Waals surface area contributed by atoms with Crippen molar-refractivity contribution in [2.24, 2.45) is 5.92 Å². The second-order valence-corrected chi connectivity index (χ2v) is 3.02. The van der Waals surface area contributed by atoms with Gasteiger partial charge in [-0.2, -0.15) is 0 Å². The Bertz CT molecular complexity index is 191. The normalized spacial score (nSPS) is 15.4. The van der Waals surface area contributed by atoms with Gasteiger partial charge in [-0.3, -0.25) is 4.79 Å². The van der Waals surface area contributed by atoms with Crippen molar-refractivity contribution in [2.45, 2.75) is 19.9 Å². The zero-order valence-electron chi connectivity index (χ0n) is 8.52. The molecule has 0 aromatic rings. The highest BCUT2D eigenvalue weighted by atomic mass is 16.5. The molecule has 13 heavy (non-hydrogen) atoms. The molecule has 0 radical (unpaired) electrons. The van der Waals surface area contributed by atoms with Crippen LogP contribution in [-0.2, 0) is 9.53 Å². The van der Waals surface area contributed by atoms with Crippen molar-refractivity contribution in [3.05, 3.63) is 12.5 Å². The van der Waals surface area contributed by atoms with E-state index in [1.165, 1.54) is 13.3 Å². The van der Waals surface area contributed by atoms with E-state index in [4.69, 9.17) is 5.11 Å². The monoisotopic (exact) mass is 187 g/mol. The molecular formula is C9H17NO3. The maximum Gasteiger partial charge on any atom is 0.310 e. The van der Waals surface area contributed by atoms with E-state index in [0.29, 0.717) is 0 Å². The van der Waals surface area contributed by atoms with Gasteiger partial charge in [0.1, 0.15) is 0 Å². The van der Waals surface area contributed by atoms with E-state index in [1.807, 2.05) is 6.92 Å². The number of hydrogen-bond donors (Lipinski definition) is 1. The molecule has 4 heteroatoms. The van der Waals surface area contributed by atoms with Crippen LogP contribution in [0.1, 0.15) is 13.8 Å². The molecule has 0 saturated heterocycles. The number of aliphatic hydroxyl groups is 1. The van der Waals surface area contributed by atoms with Gasteiger partial charge in [-0.05, 0) is 13.8 Å². The Kier molecular flexibility index (Phi) is 4.96. The van der Waals surface area contributed by atoms with Crippen LogP contribution < -0.4 is 0 Å². The third-order valence-corrected chi connectivity index (χ3v) is 2.24. The van der Waals surface area contributed by atoms with Gasteiger partial charge in [0.2, 0.25) is 0 Å². The average molecular weight is 187 g/mol. The molecule has 0 heterocycles. The topological polar surface area (TPSA) is 49.8 Å².